The van der Waals surface area contributed by atoms with E-state index >= 15 is 0 Å². The number of hydrogen-bond donors (Lipinski definition) is 0. The summed E-state index contributed by atoms with van der Waals surface area (Å²) in [5.74, 6) is -1.13. The summed E-state index contributed by atoms with van der Waals surface area (Å²) in [6.07, 6.45) is 0. The highest BCUT2D eigenvalue weighted by Gasteiger charge is 2.26. The first-order chi connectivity index (χ1) is 12.7. The zero-order valence-electron chi connectivity index (χ0n) is 15.9. The third kappa shape index (κ3) is 5.98. The number of benzene rings is 1. The fraction of sp³-hybridized carbons (Fsp3) is 0.444. The SMILES string of the molecule is C=C(C)CN(CC)C(=O)COC(=O)c1cc(OC)c(OCC)cc1[N+](=O)[O-]. The monoisotopic (exact) mass is 380 g/mol. The molecule has 0 aliphatic rings. The van der Waals surface area contributed by atoms with Crippen LogP contribution in [0.25, 0.3) is 0 Å². The molecule has 1 rings (SSSR count). The number of likely N-dealkylation sites (N-methyl/N-ethyl adjacent to an activating group) is 1. The van der Waals surface area contributed by atoms with Crippen LogP contribution >= 0.6 is 0 Å². The lowest BCUT2D eigenvalue weighted by molar-refractivity contribution is -0.385. The van der Waals surface area contributed by atoms with Gasteiger partial charge in [-0.05, 0) is 20.8 Å². The van der Waals surface area contributed by atoms with Gasteiger partial charge in [-0.25, -0.2) is 4.79 Å². The van der Waals surface area contributed by atoms with Crippen molar-refractivity contribution in [2.24, 2.45) is 0 Å². The molecule has 0 spiro atoms. The van der Waals surface area contributed by atoms with Gasteiger partial charge in [0.15, 0.2) is 18.1 Å². The minimum atomic E-state index is -0.997. The van der Waals surface area contributed by atoms with Crippen LogP contribution in [0, 0.1) is 10.1 Å². The Balaban J connectivity index is 3.03. The van der Waals surface area contributed by atoms with E-state index in [0.717, 1.165) is 11.6 Å². The Hall–Kier alpha value is -3.10. The van der Waals surface area contributed by atoms with E-state index in [0.29, 0.717) is 13.1 Å². The van der Waals surface area contributed by atoms with Gasteiger partial charge < -0.3 is 19.1 Å². The highest BCUT2D eigenvalue weighted by atomic mass is 16.6. The molecule has 0 aliphatic carbocycles. The van der Waals surface area contributed by atoms with Crippen LogP contribution in [0.5, 0.6) is 11.5 Å². The average Bonchev–Trinajstić information content (AvgIpc) is 2.63. The number of rotatable bonds is 10. The summed E-state index contributed by atoms with van der Waals surface area (Å²) in [7, 11) is 1.35. The predicted octanol–water partition coefficient (Wildman–Crippen LogP) is 2.58. The smallest absolute Gasteiger partial charge is 0.345 e. The second kappa shape index (κ2) is 10.1. The Bertz CT molecular complexity index is 731. The molecule has 0 atom stereocenters. The lowest BCUT2D eigenvalue weighted by atomic mass is 10.1. The third-order valence-electron chi connectivity index (χ3n) is 3.52. The molecular weight excluding hydrogens is 356 g/mol. The standard InChI is InChI=1S/C18H24N2O7/c1-6-19(10-12(3)4)17(21)11-27-18(22)13-8-15(25-5)16(26-7-2)9-14(13)20(23)24/h8-9H,3,6-7,10-11H2,1-2,4-5H3. The molecule has 148 valence electrons. The number of ether oxygens (including phenoxy) is 3. The second-order valence-corrected chi connectivity index (χ2v) is 5.65. The Labute approximate surface area is 157 Å². The summed E-state index contributed by atoms with van der Waals surface area (Å²) in [5, 5.41) is 11.3. The fourth-order valence-corrected chi connectivity index (χ4v) is 2.29. The van der Waals surface area contributed by atoms with Crippen molar-refractivity contribution < 1.29 is 28.7 Å². The van der Waals surface area contributed by atoms with Crippen molar-refractivity contribution in [2.75, 3.05) is 33.4 Å². The summed E-state index contributed by atoms with van der Waals surface area (Å²) in [6.45, 7) is 9.49. The molecule has 0 bridgehead atoms. The molecule has 27 heavy (non-hydrogen) atoms. The van der Waals surface area contributed by atoms with Gasteiger partial charge in [0.05, 0.1) is 24.7 Å². The summed E-state index contributed by atoms with van der Waals surface area (Å²) in [4.78, 5) is 36.5. The topological polar surface area (TPSA) is 108 Å². The number of nitro groups is 1. The van der Waals surface area contributed by atoms with Crippen LogP contribution in [0.4, 0.5) is 5.69 Å². The van der Waals surface area contributed by atoms with Crippen molar-refractivity contribution in [2.45, 2.75) is 20.8 Å². The normalized spacial score (nSPS) is 10.1. The molecule has 9 nitrogen and oxygen atoms in total. The molecule has 1 amide bonds. The lowest BCUT2D eigenvalue weighted by Crippen LogP contribution is -2.35. The predicted molar refractivity (Wildman–Crippen MR) is 98.2 cm³/mol. The highest BCUT2D eigenvalue weighted by molar-refractivity contribution is 5.96. The molecule has 0 fully saturated rings. The van der Waals surface area contributed by atoms with E-state index in [4.69, 9.17) is 14.2 Å². The number of esters is 1. The fourth-order valence-electron chi connectivity index (χ4n) is 2.29. The molecule has 9 heteroatoms. The Morgan fingerprint density at radius 1 is 1.26 bits per heavy atom. The number of amides is 1. The van der Waals surface area contributed by atoms with E-state index < -0.39 is 29.1 Å². The van der Waals surface area contributed by atoms with Crippen molar-refractivity contribution in [3.05, 3.63) is 40.0 Å². The maximum atomic E-state index is 12.3. The summed E-state index contributed by atoms with van der Waals surface area (Å²) >= 11 is 0. The van der Waals surface area contributed by atoms with Gasteiger partial charge in [0.25, 0.3) is 11.6 Å². The maximum absolute atomic E-state index is 12.3. The van der Waals surface area contributed by atoms with Gasteiger partial charge in [-0.2, -0.15) is 0 Å². The third-order valence-corrected chi connectivity index (χ3v) is 3.52. The molecule has 0 radical (unpaired) electrons. The van der Waals surface area contributed by atoms with Crippen LogP contribution in [0.3, 0.4) is 0 Å². The largest absolute Gasteiger partial charge is 0.493 e. The zero-order chi connectivity index (χ0) is 20.6. The van der Waals surface area contributed by atoms with E-state index in [2.05, 4.69) is 6.58 Å². The lowest BCUT2D eigenvalue weighted by Gasteiger charge is -2.20. The molecule has 0 saturated carbocycles. The number of nitrogens with zero attached hydrogens (tertiary/aromatic N) is 2. The number of hydrogen-bond acceptors (Lipinski definition) is 7. The molecule has 1 aromatic rings. The first-order valence-electron chi connectivity index (χ1n) is 8.33. The minimum Gasteiger partial charge on any atom is -0.493 e. The van der Waals surface area contributed by atoms with E-state index in [9.17, 15) is 19.7 Å². The van der Waals surface area contributed by atoms with Crippen molar-refractivity contribution in [1.29, 1.82) is 0 Å². The van der Waals surface area contributed by atoms with Gasteiger partial charge in [0.2, 0.25) is 0 Å². The molecule has 0 aromatic heterocycles. The van der Waals surface area contributed by atoms with E-state index in [-0.39, 0.29) is 23.7 Å². The summed E-state index contributed by atoms with van der Waals surface area (Å²) in [6, 6.07) is 2.27. The van der Waals surface area contributed by atoms with Crippen LogP contribution in [0.15, 0.2) is 24.3 Å². The number of methoxy groups -OCH3 is 1. The number of carbonyl (C=O) groups excluding carboxylic acids is 2. The molecule has 0 saturated heterocycles. The van der Waals surface area contributed by atoms with Gasteiger partial charge >= 0.3 is 5.97 Å². The Morgan fingerprint density at radius 3 is 2.41 bits per heavy atom. The van der Waals surface area contributed by atoms with Gasteiger partial charge in [0.1, 0.15) is 5.56 Å². The van der Waals surface area contributed by atoms with Gasteiger partial charge in [-0.15, -0.1) is 0 Å². The van der Waals surface area contributed by atoms with Gasteiger partial charge in [0, 0.05) is 19.2 Å². The molecule has 0 aliphatic heterocycles. The van der Waals surface area contributed by atoms with Crippen LogP contribution in [-0.2, 0) is 9.53 Å². The number of nitro benzene ring substituents is 1. The van der Waals surface area contributed by atoms with Crippen molar-refractivity contribution in [3.8, 4) is 11.5 Å². The van der Waals surface area contributed by atoms with Crippen LogP contribution < -0.4 is 9.47 Å². The first-order valence-corrected chi connectivity index (χ1v) is 8.33. The van der Waals surface area contributed by atoms with E-state index in [1.165, 1.54) is 18.1 Å². The van der Waals surface area contributed by atoms with Gasteiger partial charge in [-0.1, -0.05) is 12.2 Å². The van der Waals surface area contributed by atoms with E-state index in [1.54, 1.807) is 20.8 Å². The van der Waals surface area contributed by atoms with Crippen molar-refractivity contribution >= 4 is 17.6 Å². The molecule has 1 aromatic carbocycles. The van der Waals surface area contributed by atoms with Crippen LogP contribution in [-0.4, -0.2) is 55.1 Å². The quantitative estimate of drug-likeness (QED) is 0.266. The first kappa shape index (κ1) is 21.9. The number of carbonyl (C=O) groups is 2. The molecule has 0 N–H and O–H groups in total. The second-order valence-electron chi connectivity index (χ2n) is 5.65. The van der Waals surface area contributed by atoms with Crippen molar-refractivity contribution in [3.63, 3.8) is 0 Å². The van der Waals surface area contributed by atoms with E-state index in [1.807, 2.05) is 0 Å². The molecular formula is C18H24N2O7. The minimum absolute atomic E-state index is 0.137. The Kier molecular flexibility index (Phi) is 8.25. The maximum Gasteiger partial charge on any atom is 0.345 e. The Morgan fingerprint density at radius 2 is 1.93 bits per heavy atom. The summed E-state index contributed by atoms with van der Waals surface area (Å²) in [5.41, 5.74) is -0.0366. The van der Waals surface area contributed by atoms with Gasteiger partial charge in [-0.3, -0.25) is 14.9 Å². The zero-order valence-corrected chi connectivity index (χ0v) is 15.9. The van der Waals surface area contributed by atoms with Crippen LogP contribution in [0.1, 0.15) is 31.1 Å². The van der Waals surface area contributed by atoms with Crippen molar-refractivity contribution in [1.82, 2.24) is 4.90 Å². The molecule has 0 unspecified atom stereocenters. The molecule has 0 heterocycles. The highest BCUT2D eigenvalue weighted by Crippen LogP contribution is 2.35. The average molecular weight is 380 g/mol. The van der Waals surface area contributed by atoms with Crippen LogP contribution in [0.2, 0.25) is 0 Å². The summed E-state index contributed by atoms with van der Waals surface area (Å²) < 4.78 is 15.4.